The fourth-order valence-corrected chi connectivity index (χ4v) is 2.03. The molecule has 4 heteroatoms. The van der Waals surface area contributed by atoms with E-state index in [0.29, 0.717) is 6.54 Å². The van der Waals surface area contributed by atoms with E-state index in [-0.39, 0.29) is 12.0 Å². The highest BCUT2D eigenvalue weighted by Crippen LogP contribution is 2.17. The van der Waals surface area contributed by atoms with Gasteiger partial charge in [0, 0.05) is 25.4 Å². The largest absolute Gasteiger partial charge is 0.385 e. The van der Waals surface area contributed by atoms with Gasteiger partial charge in [-0.2, -0.15) is 0 Å². The molecule has 21 heavy (non-hydrogen) atoms. The molecule has 0 bridgehead atoms. The third-order valence-electron chi connectivity index (χ3n) is 3.09. The number of amides is 1. The summed E-state index contributed by atoms with van der Waals surface area (Å²) in [5.74, 6) is -0.0144. The quantitative estimate of drug-likeness (QED) is 0.686. The highest BCUT2D eigenvalue weighted by molar-refractivity contribution is 5.99. The van der Waals surface area contributed by atoms with Crippen molar-refractivity contribution in [1.29, 1.82) is 0 Å². The molecule has 0 unspecified atom stereocenters. The lowest BCUT2D eigenvalue weighted by atomic mass is 10.1. The Morgan fingerprint density at radius 2 is 2.05 bits per heavy atom. The maximum atomic E-state index is 12.3. The minimum absolute atomic E-state index is 0.0144. The van der Waals surface area contributed by atoms with Gasteiger partial charge in [0.2, 0.25) is 0 Å². The number of aryl methyl sites for hydroxylation is 1. The van der Waals surface area contributed by atoms with Crippen LogP contribution in [0.1, 0.15) is 49.5 Å². The topological polar surface area (TPSA) is 50.4 Å². The minimum atomic E-state index is -0.0144. The summed E-state index contributed by atoms with van der Waals surface area (Å²) in [5.41, 5.74) is 2.70. The normalized spacial score (nSPS) is 10.7. The molecule has 0 aliphatic rings. The average Bonchev–Trinajstić information content (AvgIpc) is 2.44. The molecule has 0 heterocycles. The van der Waals surface area contributed by atoms with Gasteiger partial charge in [0.15, 0.2) is 0 Å². The van der Waals surface area contributed by atoms with Gasteiger partial charge in [0.25, 0.3) is 5.91 Å². The van der Waals surface area contributed by atoms with Crippen LogP contribution in [0.25, 0.3) is 0 Å². The molecule has 0 aromatic heterocycles. The summed E-state index contributed by atoms with van der Waals surface area (Å²) in [6.07, 6.45) is 2.17. The molecule has 1 aromatic carbocycles. The lowest BCUT2D eigenvalue weighted by molar-refractivity contribution is 0.0754. The van der Waals surface area contributed by atoms with Crippen molar-refractivity contribution in [2.75, 3.05) is 25.0 Å². The Balaban J connectivity index is 2.42. The summed E-state index contributed by atoms with van der Waals surface area (Å²) >= 11 is 0. The summed E-state index contributed by atoms with van der Waals surface area (Å²) in [6.45, 7) is 10.3. The maximum Gasteiger partial charge on any atom is 0.253 e. The standard InChI is InChI=1S/C17H28N2O2/c1-5-18-16-9-8-14(4)12-15(16)17(20)19-10-6-7-11-21-13(2)3/h8-9,12-13,18H,5-7,10-11H2,1-4H3,(H,19,20). The number of anilines is 1. The first-order valence-corrected chi connectivity index (χ1v) is 7.79. The Kier molecular flexibility index (Phi) is 7.83. The Morgan fingerprint density at radius 1 is 1.29 bits per heavy atom. The first kappa shape index (κ1) is 17.5. The van der Waals surface area contributed by atoms with Crippen LogP contribution in [0.15, 0.2) is 18.2 Å². The monoisotopic (exact) mass is 292 g/mol. The second-order valence-corrected chi connectivity index (χ2v) is 5.46. The predicted octanol–water partition coefficient (Wildman–Crippen LogP) is 3.36. The van der Waals surface area contributed by atoms with Crippen molar-refractivity contribution < 1.29 is 9.53 Å². The van der Waals surface area contributed by atoms with E-state index in [1.54, 1.807) is 0 Å². The zero-order chi connectivity index (χ0) is 15.7. The van der Waals surface area contributed by atoms with Gasteiger partial charge in [0.05, 0.1) is 11.7 Å². The Labute approximate surface area is 128 Å². The summed E-state index contributed by atoms with van der Waals surface area (Å²) in [5, 5.41) is 6.21. The molecule has 0 aliphatic carbocycles. The number of rotatable bonds is 9. The first-order chi connectivity index (χ1) is 10.0. The van der Waals surface area contributed by atoms with Gasteiger partial charge in [-0.1, -0.05) is 11.6 Å². The molecule has 118 valence electrons. The molecular formula is C17H28N2O2. The van der Waals surface area contributed by atoms with E-state index in [1.165, 1.54) is 0 Å². The van der Waals surface area contributed by atoms with E-state index in [9.17, 15) is 4.79 Å². The van der Waals surface area contributed by atoms with Crippen LogP contribution >= 0.6 is 0 Å². The minimum Gasteiger partial charge on any atom is -0.385 e. The number of hydrogen-bond acceptors (Lipinski definition) is 3. The van der Waals surface area contributed by atoms with Crippen LogP contribution in [-0.2, 0) is 4.74 Å². The van der Waals surface area contributed by atoms with Crippen LogP contribution in [0.3, 0.4) is 0 Å². The fraction of sp³-hybridized carbons (Fsp3) is 0.588. The molecule has 0 fully saturated rings. The Hall–Kier alpha value is -1.55. The molecule has 1 aromatic rings. The van der Waals surface area contributed by atoms with Crippen molar-refractivity contribution in [3.8, 4) is 0 Å². The van der Waals surface area contributed by atoms with E-state index in [0.717, 1.165) is 42.8 Å². The number of ether oxygens (including phenoxy) is 1. The SMILES string of the molecule is CCNc1ccc(C)cc1C(=O)NCCCCOC(C)C. The van der Waals surface area contributed by atoms with E-state index in [4.69, 9.17) is 4.74 Å². The molecule has 0 spiro atoms. The second-order valence-electron chi connectivity index (χ2n) is 5.46. The van der Waals surface area contributed by atoms with Crippen molar-refractivity contribution in [3.05, 3.63) is 29.3 Å². The molecule has 0 saturated carbocycles. The van der Waals surface area contributed by atoms with Gasteiger partial charge in [0.1, 0.15) is 0 Å². The molecule has 1 amide bonds. The molecule has 2 N–H and O–H groups in total. The Morgan fingerprint density at radius 3 is 2.71 bits per heavy atom. The first-order valence-electron chi connectivity index (χ1n) is 7.79. The van der Waals surface area contributed by atoms with E-state index in [1.807, 2.05) is 45.9 Å². The third-order valence-corrected chi connectivity index (χ3v) is 3.09. The summed E-state index contributed by atoms with van der Waals surface area (Å²) < 4.78 is 5.48. The lowest BCUT2D eigenvalue weighted by Crippen LogP contribution is -2.25. The van der Waals surface area contributed by atoms with Crippen molar-refractivity contribution in [3.63, 3.8) is 0 Å². The van der Waals surface area contributed by atoms with E-state index in [2.05, 4.69) is 10.6 Å². The third kappa shape index (κ3) is 6.63. The van der Waals surface area contributed by atoms with Gasteiger partial charge < -0.3 is 15.4 Å². The predicted molar refractivity (Wildman–Crippen MR) is 88.0 cm³/mol. The van der Waals surface area contributed by atoms with Crippen LogP contribution in [0.4, 0.5) is 5.69 Å². The molecule has 0 saturated heterocycles. The Bertz CT molecular complexity index is 444. The summed E-state index contributed by atoms with van der Waals surface area (Å²) in [4.78, 5) is 12.3. The van der Waals surface area contributed by atoms with Gasteiger partial charge >= 0.3 is 0 Å². The molecular weight excluding hydrogens is 264 g/mol. The highest BCUT2D eigenvalue weighted by atomic mass is 16.5. The van der Waals surface area contributed by atoms with Crippen molar-refractivity contribution >= 4 is 11.6 Å². The second kappa shape index (κ2) is 9.40. The average molecular weight is 292 g/mol. The zero-order valence-electron chi connectivity index (χ0n) is 13.7. The number of benzene rings is 1. The van der Waals surface area contributed by atoms with Crippen LogP contribution in [-0.4, -0.2) is 31.7 Å². The van der Waals surface area contributed by atoms with E-state index >= 15 is 0 Å². The summed E-state index contributed by atoms with van der Waals surface area (Å²) in [7, 11) is 0. The number of carbonyl (C=O) groups is 1. The molecule has 0 atom stereocenters. The van der Waals surface area contributed by atoms with Crippen molar-refractivity contribution in [1.82, 2.24) is 5.32 Å². The van der Waals surface area contributed by atoms with Crippen molar-refractivity contribution in [2.24, 2.45) is 0 Å². The molecule has 0 radical (unpaired) electrons. The molecule has 4 nitrogen and oxygen atoms in total. The van der Waals surface area contributed by atoms with Crippen LogP contribution in [0.2, 0.25) is 0 Å². The number of carbonyl (C=O) groups excluding carboxylic acids is 1. The van der Waals surface area contributed by atoms with Gasteiger partial charge in [-0.05, 0) is 52.7 Å². The van der Waals surface area contributed by atoms with Crippen LogP contribution in [0, 0.1) is 6.92 Å². The highest BCUT2D eigenvalue weighted by Gasteiger charge is 2.10. The molecule has 1 rings (SSSR count). The summed E-state index contributed by atoms with van der Waals surface area (Å²) in [6, 6.07) is 5.90. The van der Waals surface area contributed by atoms with Gasteiger partial charge in [-0.15, -0.1) is 0 Å². The number of nitrogens with one attached hydrogen (secondary N) is 2. The lowest BCUT2D eigenvalue weighted by Gasteiger charge is -2.12. The van der Waals surface area contributed by atoms with Gasteiger partial charge in [-0.3, -0.25) is 4.79 Å². The molecule has 0 aliphatic heterocycles. The number of hydrogen-bond donors (Lipinski definition) is 2. The van der Waals surface area contributed by atoms with Crippen molar-refractivity contribution in [2.45, 2.75) is 46.6 Å². The van der Waals surface area contributed by atoms with Gasteiger partial charge in [-0.25, -0.2) is 0 Å². The number of unbranched alkanes of at least 4 members (excludes halogenated alkanes) is 1. The zero-order valence-corrected chi connectivity index (χ0v) is 13.7. The fourth-order valence-electron chi connectivity index (χ4n) is 2.03. The van der Waals surface area contributed by atoms with Crippen LogP contribution < -0.4 is 10.6 Å². The van der Waals surface area contributed by atoms with Crippen LogP contribution in [0.5, 0.6) is 0 Å². The maximum absolute atomic E-state index is 12.3. The van der Waals surface area contributed by atoms with E-state index < -0.39 is 0 Å². The smallest absolute Gasteiger partial charge is 0.253 e.